The summed E-state index contributed by atoms with van der Waals surface area (Å²) < 4.78 is 11.9. The van der Waals surface area contributed by atoms with Crippen LogP contribution in [0.15, 0.2) is 0 Å². The van der Waals surface area contributed by atoms with Crippen LogP contribution < -0.4 is 0 Å². The molecular formula is C32H54O4. The van der Waals surface area contributed by atoms with Crippen LogP contribution in [0.5, 0.6) is 0 Å². The van der Waals surface area contributed by atoms with Crippen molar-refractivity contribution in [2.45, 2.75) is 132 Å². The van der Waals surface area contributed by atoms with Crippen LogP contribution in [0.25, 0.3) is 0 Å². The first-order valence-electron chi connectivity index (χ1n) is 15.2. The Kier molecular flexibility index (Phi) is 8.23. The summed E-state index contributed by atoms with van der Waals surface area (Å²) in [5, 5.41) is 0. The molecule has 0 amide bonds. The number of carbonyl (C=O) groups is 2. The fourth-order valence-corrected chi connectivity index (χ4v) is 10.0. The van der Waals surface area contributed by atoms with Crippen LogP contribution in [0.2, 0.25) is 0 Å². The summed E-state index contributed by atoms with van der Waals surface area (Å²) in [7, 11) is 0. The van der Waals surface area contributed by atoms with Crippen LogP contribution in [0.3, 0.4) is 0 Å². The first kappa shape index (κ1) is 28.0. The van der Waals surface area contributed by atoms with Crippen molar-refractivity contribution in [1.29, 1.82) is 0 Å². The number of hydrogen-bond acceptors (Lipinski definition) is 4. The number of rotatable bonds is 7. The fourth-order valence-electron chi connectivity index (χ4n) is 10.0. The molecule has 0 aliphatic heterocycles. The highest BCUT2D eigenvalue weighted by atomic mass is 16.5. The molecule has 4 aliphatic carbocycles. The third-order valence-corrected chi connectivity index (χ3v) is 12.1. The van der Waals surface area contributed by atoms with Crippen LogP contribution in [-0.2, 0) is 19.1 Å². The van der Waals surface area contributed by atoms with Gasteiger partial charge in [0.05, 0.1) is 0 Å². The van der Waals surface area contributed by atoms with Crippen molar-refractivity contribution in [3.8, 4) is 0 Å². The quantitative estimate of drug-likeness (QED) is 0.333. The Morgan fingerprint density at radius 1 is 0.861 bits per heavy atom. The van der Waals surface area contributed by atoms with Gasteiger partial charge in [-0.25, -0.2) is 0 Å². The SMILES string of the molecule is CC(=O)OC1CCC2(C)C3C(CC[C@H]2C1)C1CCC([C@H](C)CC[C@H](C)C(C)C)C1(C)C[C@H]3OC(C)=O. The van der Waals surface area contributed by atoms with Crippen LogP contribution in [-0.4, -0.2) is 24.1 Å². The van der Waals surface area contributed by atoms with Gasteiger partial charge < -0.3 is 9.47 Å². The van der Waals surface area contributed by atoms with Gasteiger partial charge in [0, 0.05) is 19.8 Å². The van der Waals surface area contributed by atoms with Crippen molar-refractivity contribution in [3.05, 3.63) is 0 Å². The molecule has 4 fully saturated rings. The molecule has 0 radical (unpaired) electrons. The highest BCUT2D eigenvalue weighted by molar-refractivity contribution is 5.66. The summed E-state index contributed by atoms with van der Waals surface area (Å²) in [6, 6.07) is 0. The average Bonchev–Trinajstić information content (AvgIpc) is 3.13. The molecule has 0 aromatic rings. The topological polar surface area (TPSA) is 52.6 Å². The molecule has 0 saturated heterocycles. The zero-order valence-electron chi connectivity index (χ0n) is 24.5. The number of esters is 2. The second-order valence-electron chi connectivity index (χ2n) is 14.4. The summed E-state index contributed by atoms with van der Waals surface area (Å²) in [4.78, 5) is 24.0. The molecule has 4 nitrogen and oxygen atoms in total. The standard InChI is InChI=1S/C32H54O4/c1-19(2)20(3)9-10-21(4)27-13-14-28-26-12-11-24-17-25(35-22(5)33)15-16-31(24,7)30(26)29(36-23(6)34)18-32(27,28)8/h19-21,24-30H,9-18H2,1-8H3/t20-,21+,24-,25?,26?,27?,28?,29+,30?,31?,32?/m0/s1. The van der Waals surface area contributed by atoms with E-state index in [4.69, 9.17) is 9.47 Å². The van der Waals surface area contributed by atoms with Gasteiger partial charge in [0.15, 0.2) is 0 Å². The zero-order chi connectivity index (χ0) is 26.4. The summed E-state index contributed by atoms with van der Waals surface area (Å²) >= 11 is 0. The van der Waals surface area contributed by atoms with Gasteiger partial charge in [0.2, 0.25) is 0 Å². The number of carbonyl (C=O) groups excluding carboxylic acids is 2. The van der Waals surface area contributed by atoms with Gasteiger partial charge in [-0.05, 0) is 104 Å². The van der Waals surface area contributed by atoms with Crippen LogP contribution in [0.4, 0.5) is 0 Å². The van der Waals surface area contributed by atoms with Crippen molar-refractivity contribution in [3.63, 3.8) is 0 Å². The van der Waals surface area contributed by atoms with E-state index in [9.17, 15) is 9.59 Å². The molecule has 206 valence electrons. The van der Waals surface area contributed by atoms with Crippen molar-refractivity contribution < 1.29 is 19.1 Å². The molecule has 36 heavy (non-hydrogen) atoms. The Morgan fingerprint density at radius 2 is 1.56 bits per heavy atom. The summed E-state index contributed by atoms with van der Waals surface area (Å²) in [5.74, 6) is 5.08. The highest BCUT2D eigenvalue weighted by Crippen LogP contribution is 2.69. The third-order valence-electron chi connectivity index (χ3n) is 12.1. The molecule has 4 rings (SSSR count). The van der Waals surface area contributed by atoms with E-state index in [-0.39, 0.29) is 35.0 Å². The van der Waals surface area contributed by atoms with E-state index >= 15 is 0 Å². The maximum Gasteiger partial charge on any atom is 0.302 e. The van der Waals surface area contributed by atoms with E-state index in [1.807, 2.05) is 0 Å². The Morgan fingerprint density at radius 3 is 2.19 bits per heavy atom. The van der Waals surface area contributed by atoms with Crippen molar-refractivity contribution in [2.75, 3.05) is 0 Å². The van der Waals surface area contributed by atoms with E-state index in [1.54, 1.807) is 6.92 Å². The first-order chi connectivity index (χ1) is 16.9. The first-order valence-corrected chi connectivity index (χ1v) is 15.2. The van der Waals surface area contributed by atoms with Gasteiger partial charge in [-0.15, -0.1) is 0 Å². The molecule has 4 heteroatoms. The van der Waals surface area contributed by atoms with Crippen molar-refractivity contribution >= 4 is 11.9 Å². The van der Waals surface area contributed by atoms with Crippen LogP contribution in [0.1, 0.15) is 120 Å². The van der Waals surface area contributed by atoms with E-state index in [2.05, 4.69) is 41.5 Å². The molecule has 4 saturated carbocycles. The van der Waals surface area contributed by atoms with Gasteiger partial charge in [-0.2, -0.15) is 0 Å². The molecule has 0 bridgehead atoms. The maximum atomic E-state index is 12.4. The van der Waals surface area contributed by atoms with Gasteiger partial charge in [0.25, 0.3) is 0 Å². The monoisotopic (exact) mass is 502 g/mol. The number of fused-ring (bicyclic) bond motifs is 5. The molecule has 0 spiro atoms. The minimum atomic E-state index is -0.155. The lowest BCUT2D eigenvalue weighted by Crippen LogP contribution is -2.60. The van der Waals surface area contributed by atoms with E-state index < -0.39 is 0 Å². The van der Waals surface area contributed by atoms with Crippen molar-refractivity contribution in [1.82, 2.24) is 0 Å². The lowest BCUT2D eigenvalue weighted by molar-refractivity contribution is -0.201. The smallest absolute Gasteiger partial charge is 0.302 e. The lowest BCUT2D eigenvalue weighted by atomic mass is 9.43. The molecule has 0 N–H and O–H groups in total. The number of ether oxygens (including phenoxy) is 2. The summed E-state index contributed by atoms with van der Waals surface area (Å²) in [6.45, 7) is 17.8. The van der Waals surface area contributed by atoms with E-state index in [1.165, 1.54) is 45.4 Å². The average molecular weight is 503 g/mol. The predicted octanol–water partition coefficient (Wildman–Crippen LogP) is 7.83. The highest BCUT2D eigenvalue weighted by Gasteiger charge is 2.64. The lowest BCUT2D eigenvalue weighted by Gasteiger charge is -2.63. The number of hydrogen-bond donors (Lipinski definition) is 0. The summed E-state index contributed by atoms with van der Waals surface area (Å²) in [6.07, 6.45) is 11.9. The van der Waals surface area contributed by atoms with Gasteiger partial charge in [-0.1, -0.05) is 54.4 Å². The van der Waals surface area contributed by atoms with Gasteiger partial charge in [0.1, 0.15) is 12.2 Å². The van der Waals surface area contributed by atoms with Gasteiger partial charge in [-0.3, -0.25) is 9.59 Å². The zero-order valence-corrected chi connectivity index (χ0v) is 24.5. The molecule has 0 heterocycles. The predicted molar refractivity (Wildman–Crippen MR) is 144 cm³/mol. The molecule has 0 aromatic carbocycles. The normalized spacial score (nSPS) is 43.6. The Hall–Kier alpha value is -1.06. The maximum absolute atomic E-state index is 12.4. The molecule has 0 aromatic heterocycles. The molecule has 11 atom stereocenters. The Labute approximate surface area is 221 Å². The van der Waals surface area contributed by atoms with Crippen LogP contribution >= 0.6 is 0 Å². The van der Waals surface area contributed by atoms with Crippen molar-refractivity contribution in [2.24, 2.45) is 58.2 Å². The van der Waals surface area contributed by atoms with Crippen LogP contribution in [0, 0.1) is 58.2 Å². The Bertz CT molecular complexity index is 806. The third kappa shape index (κ3) is 5.13. The minimum absolute atomic E-state index is 0.0224. The minimum Gasteiger partial charge on any atom is -0.463 e. The van der Waals surface area contributed by atoms with Gasteiger partial charge >= 0.3 is 11.9 Å². The molecule has 7 unspecified atom stereocenters. The summed E-state index contributed by atoms with van der Waals surface area (Å²) in [5.41, 5.74) is 0.428. The van der Waals surface area contributed by atoms with E-state index in [0.717, 1.165) is 55.3 Å². The second kappa shape index (κ2) is 10.6. The largest absolute Gasteiger partial charge is 0.463 e. The Balaban J connectivity index is 1.57. The molecular weight excluding hydrogens is 448 g/mol. The second-order valence-corrected chi connectivity index (χ2v) is 14.4. The molecule has 4 aliphatic rings. The van der Waals surface area contributed by atoms with E-state index in [0.29, 0.717) is 17.8 Å². The fraction of sp³-hybridized carbons (Fsp3) is 0.938.